The van der Waals surface area contributed by atoms with E-state index in [1.54, 1.807) is 0 Å². The minimum atomic E-state index is 0.271. The molecule has 2 fully saturated rings. The molecule has 18 heavy (non-hydrogen) atoms. The number of rotatable bonds is 4. The standard InChI is InChI=1S/C16H32N2/c1-13(2)14-8-10-16(12-17,11-9-14)18-15-6-4-3-5-7-15/h13-15,18H,3-12,17H2,1-2H3. The van der Waals surface area contributed by atoms with Crippen molar-refractivity contribution in [3.8, 4) is 0 Å². The molecule has 0 aromatic rings. The zero-order valence-corrected chi connectivity index (χ0v) is 12.4. The molecule has 2 rings (SSSR count). The highest BCUT2D eigenvalue weighted by Crippen LogP contribution is 2.36. The zero-order chi connectivity index (χ0) is 13.0. The molecule has 2 aliphatic rings. The average molecular weight is 252 g/mol. The molecule has 0 aliphatic heterocycles. The highest BCUT2D eigenvalue weighted by atomic mass is 15.0. The third-order valence-electron chi connectivity index (χ3n) is 5.44. The first-order valence-corrected chi connectivity index (χ1v) is 8.13. The lowest BCUT2D eigenvalue weighted by molar-refractivity contribution is 0.143. The van der Waals surface area contributed by atoms with Gasteiger partial charge in [-0.05, 0) is 50.4 Å². The van der Waals surface area contributed by atoms with Crippen molar-refractivity contribution >= 4 is 0 Å². The van der Waals surface area contributed by atoms with Gasteiger partial charge in [-0.1, -0.05) is 33.1 Å². The molecule has 3 N–H and O–H groups in total. The van der Waals surface area contributed by atoms with Crippen molar-refractivity contribution < 1.29 is 0 Å². The van der Waals surface area contributed by atoms with Gasteiger partial charge in [-0.3, -0.25) is 0 Å². The second-order valence-electron chi connectivity index (χ2n) is 7.05. The van der Waals surface area contributed by atoms with Crippen molar-refractivity contribution in [2.24, 2.45) is 17.6 Å². The van der Waals surface area contributed by atoms with Crippen molar-refractivity contribution in [3.63, 3.8) is 0 Å². The van der Waals surface area contributed by atoms with Crippen LogP contribution >= 0.6 is 0 Å². The van der Waals surface area contributed by atoms with Gasteiger partial charge >= 0.3 is 0 Å². The Morgan fingerprint density at radius 1 is 1.06 bits per heavy atom. The Balaban J connectivity index is 1.87. The molecule has 0 radical (unpaired) electrons. The van der Waals surface area contributed by atoms with Crippen LogP contribution in [-0.2, 0) is 0 Å². The smallest absolute Gasteiger partial charge is 0.0306 e. The van der Waals surface area contributed by atoms with Gasteiger partial charge in [0.25, 0.3) is 0 Å². The Morgan fingerprint density at radius 3 is 2.17 bits per heavy atom. The van der Waals surface area contributed by atoms with Crippen LogP contribution in [-0.4, -0.2) is 18.1 Å². The molecule has 0 bridgehead atoms. The van der Waals surface area contributed by atoms with Gasteiger partial charge in [0.15, 0.2) is 0 Å². The van der Waals surface area contributed by atoms with E-state index in [0.717, 1.165) is 24.4 Å². The topological polar surface area (TPSA) is 38.0 Å². The van der Waals surface area contributed by atoms with Crippen LogP contribution in [0, 0.1) is 11.8 Å². The highest BCUT2D eigenvalue weighted by molar-refractivity contribution is 4.96. The predicted octanol–water partition coefficient (Wildman–Crippen LogP) is 3.45. The Bertz CT molecular complexity index is 235. The molecule has 2 aliphatic carbocycles. The molecule has 0 spiro atoms. The normalized spacial score (nSPS) is 35.0. The van der Waals surface area contributed by atoms with E-state index >= 15 is 0 Å². The predicted molar refractivity (Wildman–Crippen MR) is 78.6 cm³/mol. The highest BCUT2D eigenvalue weighted by Gasteiger charge is 2.36. The van der Waals surface area contributed by atoms with E-state index < -0.39 is 0 Å². The lowest BCUT2D eigenvalue weighted by Crippen LogP contribution is -2.57. The second-order valence-corrected chi connectivity index (χ2v) is 7.05. The van der Waals surface area contributed by atoms with Gasteiger partial charge in [-0.2, -0.15) is 0 Å². The third-order valence-corrected chi connectivity index (χ3v) is 5.44. The third kappa shape index (κ3) is 3.48. The van der Waals surface area contributed by atoms with Gasteiger partial charge in [0.2, 0.25) is 0 Å². The van der Waals surface area contributed by atoms with E-state index in [0.29, 0.717) is 0 Å². The summed E-state index contributed by atoms with van der Waals surface area (Å²) in [7, 11) is 0. The van der Waals surface area contributed by atoms with Crippen LogP contribution in [0.1, 0.15) is 71.6 Å². The largest absolute Gasteiger partial charge is 0.329 e. The Morgan fingerprint density at radius 2 is 1.67 bits per heavy atom. The van der Waals surface area contributed by atoms with Crippen molar-refractivity contribution in [2.75, 3.05) is 6.54 Å². The molecule has 0 atom stereocenters. The molecular weight excluding hydrogens is 220 g/mol. The molecule has 0 heterocycles. The summed E-state index contributed by atoms with van der Waals surface area (Å²) < 4.78 is 0. The van der Waals surface area contributed by atoms with Crippen LogP contribution in [0.25, 0.3) is 0 Å². The number of nitrogens with two attached hydrogens (primary N) is 1. The molecule has 0 saturated heterocycles. The van der Waals surface area contributed by atoms with Gasteiger partial charge in [0, 0.05) is 18.1 Å². The molecule has 2 heteroatoms. The summed E-state index contributed by atoms with van der Waals surface area (Å²) in [4.78, 5) is 0. The lowest BCUT2D eigenvalue weighted by Gasteiger charge is -2.44. The van der Waals surface area contributed by atoms with Crippen molar-refractivity contribution in [3.05, 3.63) is 0 Å². The summed E-state index contributed by atoms with van der Waals surface area (Å²) in [5.41, 5.74) is 6.39. The summed E-state index contributed by atoms with van der Waals surface area (Å²) in [5.74, 6) is 1.77. The van der Waals surface area contributed by atoms with Crippen LogP contribution in [0.5, 0.6) is 0 Å². The van der Waals surface area contributed by atoms with Gasteiger partial charge in [0.1, 0.15) is 0 Å². The minimum absolute atomic E-state index is 0.271. The Labute approximate surface area is 113 Å². The van der Waals surface area contributed by atoms with E-state index in [4.69, 9.17) is 5.73 Å². The van der Waals surface area contributed by atoms with Gasteiger partial charge < -0.3 is 11.1 Å². The number of hydrogen-bond donors (Lipinski definition) is 2. The molecule has 0 amide bonds. The molecular formula is C16H32N2. The van der Waals surface area contributed by atoms with E-state index in [1.165, 1.54) is 57.8 Å². The molecule has 2 saturated carbocycles. The molecule has 106 valence electrons. The summed E-state index contributed by atoms with van der Waals surface area (Å²) in [6.07, 6.45) is 12.3. The summed E-state index contributed by atoms with van der Waals surface area (Å²) >= 11 is 0. The quantitative estimate of drug-likeness (QED) is 0.804. The Kier molecular flexibility index (Phi) is 5.08. The van der Waals surface area contributed by atoms with Crippen LogP contribution < -0.4 is 11.1 Å². The van der Waals surface area contributed by atoms with E-state index in [2.05, 4.69) is 19.2 Å². The molecule has 2 nitrogen and oxygen atoms in total. The van der Waals surface area contributed by atoms with Crippen molar-refractivity contribution in [1.82, 2.24) is 5.32 Å². The van der Waals surface area contributed by atoms with Gasteiger partial charge in [-0.25, -0.2) is 0 Å². The maximum Gasteiger partial charge on any atom is 0.0306 e. The Hall–Kier alpha value is -0.0800. The number of nitrogens with one attached hydrogen (secondary N) is 1. The van der Waals surface area contributed by atoms with E-state index in [1.807, 2.05) is 0 Å². The first-order chi connectivity index (χ1) is 8.65. The van der Waals surface area contributed by atoms with E-state index in [-0.39, 0.29) is 5.54 Å². The summed E-state index contributed by atoms with van der Waals surface area (Å²) in [6.45, 7) is 5.57. The maximum atomic E-state index is 6.11. The maximum absolute atomic E-state index is 6.11. The second kappa shape index (κ2) is 6.38. The SMILES string of the molecule is CC(C)C1CCC(CN)(NC2CCCCC2)CC1. The number of hydrogen-bond acceptors (Lipinski definition) is 2. The van der Waals surface area contributed by atoms with Crippen LogP contribution in [0.4, 0.5) is 0 Å². The fourth-order valence-electron chi connectivity index (χ4n) is 3.95. The van der Waals surface area contributed by atoms with E-state index in [9.17, 15) is 0 Å². The van der Waals surface area contributed by atoms with Crippen LogP contribution in [0.2, 0.25) is 0 Å². The fourth-order valence-corrected chi connectivity index (χ4v) is 3.95. The first kappa shape index (κ1) is 14.3. The molecule has 0 aromatic carbocycles. The summed E-state index contributed by atoms with van der Waals surface area (Å²) in [5, 5.41) is 3.96. The minimum Gasteiger partial charge on any atom is -0.329 e. The monoisotopic (exact) mass is 252 g/mol. The van der Waals surface area contributed by atoms with Gasteiger partial charge in [0.05, 0.1) is 0 Å². The molecule has 0 unspecified atom stereocenters. The van der Waals surface area contributed by atoms with Crippen molar-refractivity contribution in [1.29, 1.82) is 0 Å². The first-order valence-electron chi connectivity index (χ1n) is 8.13. The average Bonchev–Trinajstić information content (AvgIpc) is 2.40. The zero-order valence-electron chi connectivity index (χ0n) is 12.4. The molecule has 0 aromatic heterocycles. The fraction of sp³-hybridized carbons (Fsp3) is 1.00. The van der Waals surface area contributed by atoms with Crippen molar-refractivity contribution in [2.45, 2.75) is 83.2 Å². The lowest BCUT2D eigenvalue weighted by atomic mass is 9.72. The van der Waals surface area contributed by atoms with Crippen LogP contribution in [0.3, 0.4) is 0 Å². The summed E-state index contributed by atoms with van der Waals surface area (Å²) in [6, 6.07) is 0.748. The van der Waals surface area contributed by atoms with Gasteiger partial charge in [-0.15, -0.1) is 0 Å². The van der Waals surface area contributed by atoms with Crippen LogP contribution in [0.15, 0.2) is 0 Å².